The molecule has 1 N–H and O–H groups in total. The number of rotatable bonds is 11. The molecule has 4 rings (SSSR count). The first-order chi connectivity index (χ1) is 18.0. The van der Waals surface area contributed by atoms with Gasteiger partial charge in [0.2, 0.25) is 0 Å². The molecule has 1 aliphatic rings. The van der Waals surface area contributed by atoms with E-state index in [1.807, 2.05) is 54.7 Å². The predicted octanol–water partition coefficient (Wildman–Crippen LogP) is 6.46. The SMILES string of the molecule is CCOc1cc(/C=N\NC(=O)COc2ccc(C3SCCS3)cc2)cc(Cl)c1OCc1ccccc1F. The highest BCUT2D eigenvalue weighted by molar-refractivity contribution is 8.19. The van der Waals surface area contributed by atoms with Crippen molar-refractivity contribution in [1.29, 1.82) is 0 Å². The summed E-state index contributed by atoms with van der Waals surface area (Å²) in [7, 11) is 0. The Morgan fingerprint density at radius 1 is 1.11 bits per heavy atom. The highest BCUT2D eigenvalue weighted by Gasteiger charge is 2.18. The van der Waals surface area contributed by atoms with Crippen LogP contribution in [0.25, 0.3) is 0 Å². The van der Waals surface area contributed by atoms with Crippen LogP contribution in [0, 0.1) is 5.82 Å². The van der Waals surface area contributed by atoms with Crippen LogP contribution in [0.15, 0.2) is 65.8 Å². The van der Waals surface area contributed by atoms with Crippen molar-refractivity contribution in [2.75, 3.05) is 24.7 Å². The fraction of sp³-hybridized carbons (Fsp3) is 0.259. The number of hydrogen-bond donors (Lipinski definition) is 1. The average Bonchev–Trinajstić information content (AvgIpc) is 3.44. The smallest absolute Gasteiger partial charge is 0.277 e. The van der Waals surface area contributed by atoms with Gasteiger partial charge in [0.1, 0.15) is 18.2 Å². The summed E-state index contributed by atoms with van der Waals surface area (Å²) in [6.45, 7) is 2.03. The van der Waals surface area contributed by atoms with Crippen LogP contribution in [-0.2, 0) is 11.4 Å². The molecule has 37 heavy (non-hydrogen) atoms. The maximum Gasteiger partial charge on any atom is 0.277 e. The van der Waals surface area contributed by atoms with E-state index in [1.165, 1.54) is 29.4 Å². The van der Waals surface area contributed by atoms with Crippen molar-refractivity contribution < 1.29 is 23.4 Å². The standard InChI is InChI=1S/C27H26ClFN2O4S2/c1-2-33-24-14-18(13-22(28)26(24)35-16-20-5-3-4-6-23(20)29)15-30-31-25(32)17-34-21-9-7-19(8-10-21)27-36-11-12-37-27/h3-10,13-15,27H,2,11-12,16-17H2,1H3,(H,31,32)/b30-15-. The summed E-state index contributed by atoms with van der Waals surface area (Å²) in [4.78, 5) is 12.2. The lowest BCUT2D eigenvalue weighted by Gasteiger charge is -2.14. The highest BCUT2D eigenvalue weighted by atomic mass is 35.5. The van der Waals surface area contributed by atoms with Crippen molar-refractivity contribution >= 4 is 47.2 Å². The van der Waals surface area contributed by atoms with Crippen molar-refractivity contribution in [3.63, 3.8) is 0 Å². The molecule has 0 saturated carbocycles. The summed E-state index contributed by atoms with van der Waals surface area (Å²) in [6.07, 6.45) is 1.44. The number of benzene rings is 3. The number of hydrogen-bond acceptors (Lipinski definition) is 7. The van der Waals surface area contributed by atoms with Gasteiger partial charge in [0.05, 0.1) is 22.4 Å². The summed E-state index contributed by atoms with van der Waals surface area (Å²) in [5, 5.41) is 4.26. The highest BCUT2D eigenvalue weighted by Crippen LogP contribution is 2.45. The Kier molecular flexibility index (Phi) is 9.99. The van der Waals surface area contributed by atoms with Gasteiger partial charge in [-0.1, -0.05) is 41.9 Å². The minimum Gasteiger partial charge on any atom is -0.490 e. The number of halogens is 2. The molecule has 1 aliphatic heterocycles. The van der Waals surface area contributed by atoms with Crippen LogP contribution in [0.1, 0.15) is 28.2 Å². The Balaban J connectivity index is 1.31. The molecule has 1 saturated heterocycles. The topological polar surface area (TPSA) is 69.2 Å². The number of hydrazone groups is 1. The molecule has 1 amide bonds. The van der Waals surface area contributed by atoms with E-state index < -0.39 is 5.91 Å². The zero-order valence-electron chi connectivity index (χ0n) is 20.1. The van der Waals surface area contributed by atoms with Gasteiger partial charge in [-0.2, -0.15) is 5.10 Å². The maximum absolute atomic E-state index is 13.9. The van der Waals surface area contributed by atoms with Gasteiger partial charge in [-0.25, -0.2) is 9.82 Å². The summed E-state index contributed by atoms with van der Waals surface area (Å²) < 4.78 is 31.4. The molecule has 194 valence electrons. The van der Waals surface area contributed by atoms with Crippen molar-refractivity contribution in [2.45, 2.75) is 18.1 Å². The molecule has 0 aromatic heterocycles. The molecule has 10 heteroatoms. The van der Waals surface area contributed by atoms with E-state index in [9.17, 15) is 9.18 Å². The van der Waals surface area contributed by atoms with Gasteiger partial charge in [-0.3, -0.25) is 4.79 Å². The minimum atomic E-state index is -0.400. The van der Waals surface area contributed by atoms with Crippen LogP contribution in [0.5, 0.6) is 17.2 Å². The van der Waals surface area contributed by atoms with E-state index in [2.05, 4.69) is 10.5 Å². The predicted molar refractivity (Wildman–Crippen MR) is 149 cm³/mol. The lowest BCUT2D eigenvalue weighted by molar-refractivity contribution is -0.123. The monoisotopic (exact) mass is 560 g/mol. The average molecular weight is 561 g/mol. The van der Waals surface area contributed by atoms with Crippen LogP contribution in [0.2, 0.25) is 5.02 Å². The first-order valence-electron chi connectivity index (χ1n) is 11.6. The van der Waals surface area contributed by atoms with Gasteiger partial charge in [0, 0.05) is 17.1 Å². The molecule has 0 spiro atoms. The van der Waals surface area contributed by atoms with Gasteiger partial charge in [-0.05, 0) is 48.4 Å². The van der Waals surface area contributed by atoms with E-state index in [1.54, 1.807) is 30.3 Å². The molecule has 3 aromatic rings. The first kappa shape index (κ1) is 27.2. The number of amides is 1. The minimum absolute atomic E-state index is 0.00278. The summed E-state index contributed by atoms with van der Waals surface area (Å²) in [5.41, 5.74) is 4.68. The van der Waals surface area contributed by atoms with Gasteiger partial charge >= 0.3 is 0 Å². The molecule has 0 atom stereocenters. The van der Waals surface area contributed by atoms with Crippen molar-refractivity contribution in [2.24, 2.45) is 5.10 Å². The van der Waals surface area contributed by atoms with Crippen molar-refractivity contribution in [3.05, 3.63) is 88.2 Å². The summed E-state index contributed by atoms with van der Waals surface area (Å²) >= 11 is 10.3. The van der Waals surface area contributed by atoms with Gasteiger partial charge in [-0.15, -0.1) is 23.5 Å². The van der Waals surface area contributed by atoms with E-state index >= 15 is 0 Å². The molecule has 6 nitrogen and oxygen atoms in total. The third-order valence-electron chi connectivity index (χ3n) is 5.21. The van der Waals surface area contributed by atoms with Gasteiger partial charge in [0.15, 0.2) is 18.1 Å². The van der Waals surface area contributed by atoms with Crippen LogP contribution in [-0.4, -0.2) is 36.8 Å². The van der Waals surface area contributed by atoms with Crippen LogP contribution >= 0.6 is 35.1 Å². The Bertz CT molecular complexity index is 1240. The van der Waals surface area contributed by atoms with E-state index in [-0.39, 0.29) is 24.1 Å². The largest absolute Gasteiger partial charge is 0.490 e. The number of thioether (sulfide) groups is 2. The molecule has 0 unspecified atom stereocenters. The molecule has 0 aliphatic carbocycles. The second-order valence-electron chi connectivity index (χ2n) is 7.87. The van der Waals surface area contributed by atoms with Crippen molar-refractivity contribution in [1.82, 2.24) is 5.43 Å². The number of nitrogens with one attached hydrogen (secondary N) is 1. The molecular weight excluding hydrogens is 535 g/mol. The zero-order chi connectivity index (χ0) is 26.0. The second-order valence-corrected chi connectivity index (χ2v) is 11.0. The van der Waals surface area contributed by atoms with Crippen LogP contribution in [0.4, 0.5) is 4.39 Å². The molecule has 0 bridgehead atoms. The number of ether oxygens (including phenoxy) is 3. The number of carbonyl (C=O) groups excluding carboxylic acids is 1. The van der Waals surface area contributed by atoms with E-state index in [0.717, 1.165) is 0 Å². The van der Waals surface area contributed by atoms with Gasteiger partial charge in [0.25, 0.3) is 5.91 Å². The third-order valence-corrected chi connectivity index (χ3v) is 8.59. The normalized spacial score (nSPS) is 13.6. The molecule has 3 aromatic carbocycles. The van der Waals surface area contributed by atoms with Crippen LogP contribution < -0.4 is 19.6 Å². The van der Waals surface area contributed by atoms with E-state index in [4.69, 9.17) is 25.8 Å². The maximum atomic E-state index is 13.9. The number of carbonyl (C=O) groups is 1. The van der Waals surface area contributed by atoms with E-state index in [0.29, 0.717) is 39.6 Å². The quantitative estimate of drug-likeness (QED) is 0.214. The lowest BCUT2D eigenvalue weighted by atomic mass is 10.2. The summed E-state index contributed by atoms with van der Waals surface area (Å²) in [6, 6.07) is 17.5. The van der Waals surface area contributed by atoms with Gasteiger partial charge < -0.3 is 14.2 Å². The number of nitrogens with zero attached hydrogens (tertiary/aromatic N) is 1. The lowest BCUT2D eigenvalue weighted by Crippen LogP contribution is -2.24. The second kappa shape index (κ2) is 13.6. The third kappa shape index (κ3) is 7.80. The summed E-state index contributed by atoms with van der Waals surface area (Å²) in [5.74, 6) is 2.89. The molecule has 1 heterocycles. The Morgan fingerprint density at radius 3 is 2.59 bits per heavy atom. The Morgan fingerprint density at radius 2 is 1.86 bits per heavy atom. The fourth-order valence-corrected chi connectivity index (χ4v) is 6.60. The molecule has 1 fully saturated rings. The Labute approximate surface area is 228 Å². The first-order valence-corrected chi connectivity index (χ1v) is 14.1. The molecular formula is C27H26ClFN2O4S2. The van der Waals surface area contributed by atoms with Crippen LogP contribution in [0.3, 0.4) is 0 Å². The Hall–Kier alpha value is -2.88. The fourth-order valence-electron chi connectivity index (χ4n) is 3.46. The zero-order valence-corrected chi connectivity index (χ0v) is 22.5. The molecule has 0 radical (unpaired) electrons. The van der Waals surface area contributed by atoms with Crippen molar-refractivity contribution in [3.8, 4) is 17.2 Å².